The Morgan fingerprint density at radius 2 is 1.79 bits per heavy atom. The molecular weight excluding hydrogens is 442 g/mol. The third-order valence-electron chi connectivity index (χ3n) is 5.32. The highest BCUT2D eigenvalue weighted by atomic mass is 32.2. The van der Waals surface area contributed by atoms with Crippen LogP contribution in [0.3, 0.4) is 0 Å². The molecule has 1 aliphatic rings. The zero-order valence-electron chi connectivity index (χ0n) is 19.5. The number of nitrogens with one attached hydrogen (secondary N) is 1. The van der Waals surface area contributed by atoms with Gasteiger partial charge in [0.25, 0.3) is 0 Å². The Bertz CT molecular complexity index is 1200. The number of nitrogens with zero attached hydrogens (tertiary/aromatic N) is 2. The number of hydrogen-bond donors (Lipinski definition) is 1. The molecule has 0 atom stereocenters. The van der Waals surface area contributed by atoms with Crippen LogP contribution in [0.25, 0.3) is 11.1 Å². The van der Waals surface area contributed by atoms with Crippen LogP contribution in [0.15, 0.2) is 41.5 Å². The quantitative estimate of drug-likeness (QED) is 0.396. The van der Waals surface area contributed by atoms with E-state index in [0.29, 0.717) is 24.3 Å². The Balaban J connectivity index is 2.06. The predicted octanol–water partition coefficient (Wildman–Crippen LogP) is 3.24. The summed E-state index contributed by atoms with van der Waals surface area (Å²) in [5.41, 5.74) is 3.83. The van der Waals surface area contributed by atoms with Gasteiger partial charge in [-0.2, -0.15) is 5.10 Å². The Hall–Kier alpha value is -3.20. The second-order valence-corrected chi connectivity index (χ2v) is 10.8. The summed E-state index contributed by atoms with van der Waals surface area (Å²) in [5, 5.41) is 3.73. The minimum absolute atomic E-state index is 0.0383. The van der Waals surface area contributed by atoms with Crippen LogP contribution in [0.4, 0.5) is 5.69 Å². The van der Waals surface area contributed by atoms with Crippen molar-refractivity contribution in [1.29, 1.82) is 0 Å². The van der Waals surface area contributed by atoms with E-state index in [1.54, 1.807) is 12.0 Å². The summed E-state index contributed by atoms with van der Waals surface area (Å²) in [7, 11) is -1.79. The molecule has 0 bridgehead atoms. The number of Topliss-reactive ketones (excluding diaryl/α,β-unsaturated/α-hetero) is 1. The number of ether oxygens (including phenoxy) is 1. The Morgan fingerprint density at radius 1 is 1.12 bits per heavy atom. The normalized spacial score (nSPS) is 15.2. The van der Waals surface area contributed by atoms with Gasteiger partial charge in [0, 0.05) is 29.8 Å². The van der Waals surface area contributed by atoms with Crippen molar-refractivity contribution in [2.75, 3.05) is 24.8 Å². The van der Waals surface area contributed by atoms with Crippen molar-refractivity contribution in [3.63, 3.8) is 0 Å². The number of amides is 1. The summed E-state index contributed by atoms with van der Waals surface area (Å²) < 4.78 is 28.1. The molecule has 9 heteroatoms. The lowest BCUT2D eigenvalue weighted by molar-refractivity contribution is -0.128. The summed E-state index contributed by atoms with van der Waals surface area (Å²) in [5.74, 6) is 0.475. The second kappa shape index (κ2) is 9.35. The van der Waals surface area contributed by atoms with Crippen molar-refractivity contribution < 1.29 is 22.7 Å². The number of carbonyl (C=O) groups is 2. The number of benzene rings is 2. The zero-order chi connectivity index (χ0) is 24.4. The smallest absolute Gasteiger partial charge is 0.244 e. The SMILES string of the molecule is COc1c(-c2ccc(/C=N/NS(C)(=O)=O)cc2)cc(N2CCC(=O)CC2=O)cc1C(C)(C)C. The van der Waals surface area contributed by atoms with E-state index < -0.39 is 10.0 Å². The molecule has 1 N–H and O–H groups in total. The largest absolute Gasteiger partial charge is 0.496 e. The van der Waals surface area contributed by atoms with E-state index in [1.807, 2.05) is 36.4 Å². The van der Waals surface area contributed by atoms with Gasteiger partial charge in [0.05, 0.1) is 26.0 Å². The summed E-state index contributed by atoms with van der Waals surface area (Å²) in [6, 6.07) is 11.3. The van der Waals surface area contributed by atoms with Gasteiger partial charge in [0.1, 0.15) is 11.5 Å². The van der Waals surface area contributed by atoms with Gasteiger partial charge in [-0.25, -0.2) is 13.2 Å². The third kappa shape index (κ3) is 5.98. The van der Waals surface area contributed by atoms with Crippen LogP contribution < -0.4 is 14.5 Å². The van der Waals surface area contributed by atoms with Gasteiger partial charge in [0.2, 0.25) is 15.9 Å². The van der Waals surface area contributed by atoms with E-state index in [9.17, 15) is 18.0 Å². The number of sulfonamides is 1. The van der Waals surface area contributed by atoms with Crippen LogP contribution in [0.2, 0.25) is 0 Å². The van der Waals surface area contributed by atoms with Gasteiger partial charge in [-0.3, -0.25) is 9.59 Å². The standard InChI is InChI=1S/C24H29N3O5S/c1-24(2,3)21-13-18(27-11-10-19(28)14-22(27)29)12-20(23(21)32-4)17-8-6-16(7-9-17)15-25-26-33(5,30)31/h6-9,12-13,15,26H,10-11,14H2,1-5H3/b25-15+. The molecule has 0 spiro atoms. The first-order valence-electron chi connectivity index (χ1n) is 10.5. The van der Waals surface area contributed by atoms with E-state index in [1.165, 1.54) is 6.21 Å². The summed E-state index contributed by atoms with van der Waals surface area (Å²) in [6.07, 6.45) is 2.71. The zero-order valence-corrected chi connectivity index (χ0v) is 20.3. The highest BCUT2D eigenvalue weighted by molar-refractivity contribution is 7.88. The highest BCUT2D eigenvalue weighted by Crippen LogP contribution is 2.43. The van der Waals surface area contributed by atoms with Crippen molar-refractivity contribution in [2.24, 2.45) is 5.10 Å². The number of piperidine rings is 1. The topological polar surface area (TPSA) is 105 Å². The first kappa shape index (κ1) is 24.4. The number of hydrogen-bond acceptors (Lipinski definition) is 6. The number of hydrazone groups is 1. The number of methoxy groups -OCH3 is 1. The fraction of sp³-hybridized carbons (Fsp3) is 0.375. The van der Waals surface area contributed by atoms with Crippen molar-refractivity contribution in [3.05, 3.63) is 47.5 Å². The van der Waals surface area contributed by atoms with Crippen LogP contribution in [-0.2, 0) is 25.0 Å². The first-order chi connectivity index (χ1) is 15.4. The fourth-order valence-electron chi connectivity index (χ4n) is 3.69. The molecule has 1 saturated heterocycles. The maximum atomic E-state index is 12.6. The third-order valence-corrected chi connectivity index (χ3v) is 5.75. The molecule has 2 aromatic rings. The van der Waals surface area contributed by atoms with Gasteiger partial charge in [-0.05, 0) is 28.7 Å². The Kier molecular flexibility index (Phi) is 6.92. The molecule has 3 rings (SSSR count). The average Bonchev–Trinajstić information content (AvgIpc) is 2.72. The molecule has 1 amide bonds. The van der Waals surface area contributed by atoms with Gasteiger partial charge >= 0.3 is 0 Å². The Labute approximate surface area is 194 Å². The van der Waals surface area contributed by atoms with E-state index in [0.717, 1.165) is 28.6 Å². The van der Waals surface area contributed by atoms with Crippen molar-refractivity contribution in [2.45, 2.75) is 39.0 Å². The van der Waals surface area contributed by atoms with Crippen molar-refractivity contribution >= 4 is 33.6 Å². The monoisotopic (exact) mass is 471 g/mol. The molecule has 0 aromatic heterocycles. The Morgan fingerprint density at radius 3 is 2.33 bits per heavy atom. The molecule has 176 valence electrons. The predicted molar refractivity (Wildman–Crippen MR) is 129 cm³/mol. The summed E-state index contributed by atoms with van der Waals surface area (Å²) in [6.45, 7) is 6.59. The first-order valence-corrected chi connectivity index (χ1v) is 12.4. The molecule has 0 unspecified atom stereocenters. The van der Waals surface area contributed by atoms with Crippen LogP contribution in [0.5, 0.6) is 5.75 Å². The molecule has 1 heterocycles. The number of carbonyl (C=O) groups excluding carboxylic acids is 2. The molecular formula is C24H29N3O5S. The summed E-state index contributed by atoms with van der Waals surface area (Å²) >= 11 is 0. The van der Waals surface area contributed by atoms with Gasteiger partial charge < -0.3 is 9.64 Å². The maximum absolute atomic E-state index is 12.6. The molecule has 1 fully saturated rings. The minimum Gasteiger partial charge on any atom is -0.496 e. The molecule has 0 radical (unpaired) electrons. The van der Waals surface area contributed by atoms with E-state index in [-0.39, 0.29) is 23.5 Å². The maximum Gasteiger partial charge on any atom is 0.244 e. The fourth-order valence-corrected chi connectivity index (χ4v) is 3.94. The van der Waals surface area contributed by atoms with E-state index >= 15 is 0 Å². The van der Waals surface area contributed by atoms with Crippen molar-refractivity contribution in [1.82, 2.24) is 4.83 Å². The summed E-state index contributed by atoms with van der Waals surface area (Å²) in [4.78, 5) is 28.0. The molecule has 0 aliphatic carbocycles. The lowest BCUT2D eigenvalue weighted by Crippen LogP contribution is -2.39. The van der Waals surface area contributed by atoms with Crippen molar-refractivity contribution in [3.8, 4) is 16.9 Å². The van der Waals surface area contributed by atoms with Crippen LogP contribution in [-0.4, -0.2) is 46.2 Å². The lowest BCUT2D eigenvalue weighted by atomic mass is 9.83. The number of ketones is 1. The minimum atomic E-state index is -3.41. The number of anilines is 1. The van der Waals surface area contributed by atoms with Crippen LogP contribution in [0.1, 0.15) is 44.7 Å². The van der Waals surface area contributed by atoms with E-state index in [4.69, 9.17) is 4.74 Å². The van der Waals surface area contributed by atoms with Crippen LogP contribution in [0, 0.1) is 0 Å². The van der Waals surface area contributed by atoms with Gasteiger partial charge in [-0.15, -0.1) is 0 Å². The average molecular weight is 472 g/mol. The molecule has 33 heavy (non-hydrogen) atoms. The molecule has 2 aromatic carbocycles. The lowest BCUT2D eigenvalue weighted by Gasteiger charge is -2.30. The number of rotatable bonds is 6. The van der Waals surface area contributed by atoms with E-state index in [2.05, 4.69) is 30.7 Å². The highest BCUT2D eigenvalue weighted by Gasteiger charge is 2.29. The van der Waals surface area contributed by atoms with Gasteiger partial charge in [-0.1, -0.05) is 45.0 Å². The second-order valence-electron chi connectivity index (χ2n) is 9.08. The molecule has 8 nitrogen and oxygen atoms in total. The molecule has 0 saturated carbocycles. The molecule has 1 aliphatic heterocycles. The van der Waals surface area contributed by atoms with Gasteiger partial charge in [0.15, 0.2) is 0 Å². The van der Waals surface area contributed by atoms with Crippen LogP contribution >= 0.6 is 0 Å².